The maximum absolute atomic E-state index is 6.41. The van der Waals surface area contributed by atoms with Gasteiger partial charge in [-0.2, -0.15) is 0 Å². The molecule has 1 unspecified atom stereocenters. The number of rotatable bonds is 3. The predicted molar refractivity (Wildman–Crippen MR) is 72.1 cm³/mol. The minimum absolute atomic E-state index is 0.378. The van der Waals surface area contributed by atoms with Gasteiger partial charge in [-0.25, -0.2) is 0 Å². The van der Waals surface area contributed by atoms with Gasteiger partial charge in [0, 0.05) is 16.1 Å². The van der Waals surface area contributed by atoms with Crippen molar-refractivity contribution in [2.24, 2.45) is 0 Å². The molecular formula is C12H9BrCl2O2. The van der Waals surface area contributed by atoms with E-state index in [0.717, 1.165) is 11.1 Å². The molecular weight excluding hydrogens is 327 g/mol. The molecule has 0 aliphatic carbocycles. The maximum atomic E-state index is 6.41. The first-order chi connectivity index (χ1) is 8.13. The molecule has 0 amide bonds. The van der Waals surface area contributed by atoms with Gasteiger partial charge in [0.1, 0.15) is 5.75 Å². The maximum Gasteiger partial charge on any atom is 0.173 e. The summed E-state index contributed by atoms with van der Waals surface area (Å²) in [7, 11) is 1.60. The van der Waals surface area contributed by atoms with Gasteiger partial charge in [-0.15, -0.1) is 11.6 Å². The van der Waals surface area contributed by atoms with Crippen molar-refractivity contribution in [1.82, 2.24) is 0 Å². The Morgan fingerprint density at radius 2 is 2.06 bits per heavy atom. The van der Waals surface area contributed by atoms with Crippen LogP contribution in [0, 0.1) is 0 Å². The average molecular weight is 336 g/mol. The van der Waals surface area contributed by atoms with Crippen molar-refractivity contribution in [3.63, 3.8) is 0 Å². The van der Waals surface area contributed by atoms with Crippen LogP contribution < -0.4 is 4.74 Å². The Bertz CT molecular complexity index is 525. The number of benzene rings is 1. The molecule has 2 aromatic rings. The third kappa shape index (κ3) is 2.62. The van der Waals surface area contributed by atoms with Gasteiger partial charge in [0.15, 0.2) is 4.67 Å². The van der Waals surface area contributed by atoms with E-state index in [4.69, 9.17) is 32.4 Å². The van der Waals surface area contributed by atoms with Crippen molar-refractivity contribution in [2.75, 3.05) is 7.11 Å². The Labute approximate surface area is 118 Å². The largest absolute Gasteiger partial charge is 0.496 e. The van der Waals surface area contributed by atoms with Crippen molar-refractivity contribution >= 4 is 39.1 Å². The van der Waals surface area contributed by atoms with Crippen LogP contribution in [0.25, 0.3) is 0 Å². The molecule has 1 aromatic heterocycles. The van der Waals surface area contributed by atoms with Gasteiger partial charge < -0.3 is 9.15 Å². The lowest BCUT2D eigenvalue weighted by molar-refractivity contribution is 0.410. The second-order valence-electron chi connectivity index (χ2n) is 3.40. The van der Waals surface area contributed by atoms with E-state index < -0.39 is 0 Å². The van der Waals surface area contributed by atoms with Gasteiger partial charge >= 0.3 is 0 Å². The third-order valence-electron chi connectivity index (χ3n) is 2.38. The van der Waals surface area contributed by atoms with Crippen molar-refractivity contribution in [2.45, 2.75) is 5.38 Å². The summed E-state index contributed by atoms with van der Waals surface area (Å²) in [6.07, 6.45) is 1.58. The third-order valence-corrected chi connectivity index (χ3v) is 3.73. The topological polar surface area (TPSA) is 22.4 Å². The monoisotopic (exact) mass is 334 g/mol. The fourth-order valence-electron chi connectivity index (χ4n) is 1.56. The summed E-state index contributed by atoms with van der Waals surface area (Å²) in [4.78, 5) is 0. The summed E-state index contributed by atoms with van der Waals surface area (Å²) in [6.45, 7) is 0. The Morgan fingerprint density at radius 3 is 2.65 bits per heavy atom. The van der Waals surface area contributed by atoms with E-state index in [1.54, 1.807) is 31.6 Å². The molecule has 0 radical (unpaired) electrons. The summed E-state index contributed by atoms with van der Waals surface area (Å²) in [6, 6.07) is 7.15. The molecule has 0 aliphatic heterocycles. The van der Waals surface area contributed by atoms with Crippen LogP contribution in [0.2, 0.25) is 5.02 Å². The lowest BCUT2D eigenvalue weighted by atomic mass is 10.1. The van der Waals surface area contributed by atoms with Gasteiger partial charge in [-0.3, -0.25) is 0 Å². The second kappa shape index (κ2) is 5.34. The molecule has 1 heterocycles. The van der Waals surface area contributed by atoms with E-state index in [0.29, 0.717) is 15.4 Å². The first kappa shape index (κ1) is 12.8. The lowest BCUT2D eigenvalue weighted by Crippen LogP contribution is -1.97. The molecule has 0 bridgehead atoms. The van der Waals surface area contributed by atoms with Crippen LogP contribution in [0.4, 0.5) is 0 Å². The Hall–Kier alpha value is -0.640. The molecule has 90 valence electrons. The smallest absolute Gasteiger partial charge is 0.173 e. The lowest BCUT2D eigenvalue weighted by Gasteiger charge is -2.13. The summed E-state index contributed by atoms with van der Waals surface area (Å²) in [5, 5.41) is 0.239. The van der Waals surface area contributed by atoms with Crippen LogP contribution in [-0.2, 0) is 0 Å². The van der Waals surface area contributed by atoms with Crippen LogP contribution in [0.15, 0.2) is 39.6 Å². The number of ether oxygens (including phenoxy) is 1. The first-order valence-corrected chi connectivity index (χ1v) is 6.44. The highest BCUT2D eigenvalue weighted by Crippen LogP contribution is 2.39. The summed E-state index contributed by atoms with van der Waals surface area (Å²) in [5.41, 5.74) is 1.65. The minimum atomic E-state index is -0.378. The van der Waals surface area contributed by atoms with Crippen molar-refractivity contribution in [1.29, 1.82) is 0 Å². The summed E-state index contributed by atoms with van der Waals surface area (Å²) in [5.74, 6) is 0.697. The van der Waals surface area contributed by atoms with Gasteiger partial charge in [0.2, 0.25) is 0 Å². The van der Waals surface area contributed by atoms with Gasteiger partial charge in [-0.05, 0) is 40.2 Å². The second-order valence-corrected chi connectivity index (χ2v) is 4.99. The van der Waals surface area contributed by atoms with Crippen LogP contribution in [0.5, 0.6) is 5.75 Å². The quantitative estimate of drug-likeness (QED) is 0.734. The van der Waals surface area contributed by atoms with E-state index in [9.17, 15) is 0 Å². The fraction of sp³-hybridized carbons (Fsp3) is 0.167. The van der Waals surface area contributed by atoms with E-state index in [1.165, 1.54) is 0 Å². The first-order valence-electron chi connectivity index (χ1n) is 4.84. The average Bonchev–Trinajstić information content (AvgIpc) is 2.74. The highest BCUT2D eigenvalue weighted by Gasteiger charge is 2.20. The number of alkyl halides is 1. The predicted octanol–water partition coefficient (Wildman–Crippen LogP) is 5.03. The normalized spacial score (nSPS) is 12.5. The SMILES string of the molecule is COc1ccc(Cl)cc1C(Cl)c1ccoc1Br. The number of methoxy groups -OCH3 is 1. The molecule has 0 N–H and O–H groups in total. The highest BCUT2D eigenvalue weighted by atomic mass is 79.9. The standard InChI is InChI=1S/C12H9BrCl2O2/c1-16-10-3-2-7(14)6-9(10)11(15)8-4-5-17-12(8)13/h2-6,11H,1H3. The van der Waals surface area contributed by atoms with Crippen molar-refractivity contribution in [3.8, 4) is 5.75 Å². The van der Waals surface area contributed by atoms with Gasteiger partial charge in [-0.1, -0.05) is 11.6 Å². The number of hydrogen-bond donors (Lipinski definition) is 0. The summed E-state index contributed by atoms with van der Waals surface area (Å²) >= 11 is 15.7. The van der Waals surface area contributed by atoms with E-state index in [-0.39, 0.29) is 5.38 Å². The van der Waals surface area contributed by atoms with Crippen LogP contribution in [0.1, 0.15) is 16.5 Å². The molecule has 17 heavy (non-hydrogen) atoms. The zero-order valence-electron chi connectivity index (χ0n) is 8.91. The van der Waals surface area contributed by atoms with Crippen LogP contribution in [0.3, 0.4) is 0 Å². The fourth-order valence-corrected chi connectivity index (χ4v) is 2.68. The van der Waals surface area contributed by atoms with E-state index in [1.807, 2.05) is 6.07 Å². The number of hydrogen-bond acceptors (Lipinski definition) is 2. The molecule has 0 spiro atoms. The Balaban J connectivity index is 2.46. The van der Waals surface area contributed by atoms with Crippen molar-refractivity contribution < 1.29 is 9.15 Å². The van der Waals surface area contributed by atoms with Crippen LogP contribution in [-0.4, -0.2) is 7.11 Å². The minimum Gasteiger partial charge on any atom is -0.496 e. The number of halogens is 3. The van der Waals surface area contributed by atoms with Gasteiger partial charge in [0.25, 0.3) is 0 Å². The Kier molecular flexibility index (Phi) is 4.02. The Morgan fingerprint density at radius 1 is 1.29 bits per heavy atom. The number of furan rings is 1. The zero-order valence-corrected chi connectivity index (χ0v) is 12.0. The van der Waals surface area contributed by atoms with Crippen LogP contribution >= 0.6 is 39.1 Å². The molecule has 0 saturated heterocycles. The van der Waals surface area contributed by atoms with Gasteiger partial charge in [0.05, 0.1) is 18.8 Å². The molecule has 2 nitrogen and oxygen atoms in total. The molecule has 1 atom stereocenters. The molecule has 0 saturated carbocycles. The van der Waals surface area contributed by atoms with E-state index >= 15 is 0 Å². The zero-order chi connectivity index (χ0) is 12.4. The molecule has 0 fully saturated rings. The molecule has 5 heteroatoms. The highest BCUT2D eigenvalue weighted by molar-refractivity contribution is 9.10. The van der Waals surface area contributed by atoms with E-state index in [2.05, 4.69) is 15.9 Å². The molecule has 2 rings (SSSR count). The summed E-state index contributed by atoms with van der Waals surface area (Å²) < 4.78 is 11.1. The van der Waals surface area contributed by atoms with Crippen molar-refractivity contribution in [3.05, 3.63) is 51.3 Å². The molecule has 0 aliphatic rings. The molecule has 1 aromatic carbocycles.